The highest BCUT2D eigenvalue weighted by molar-refractivity contribution is 7.88. The molecule has 1 aliphatic heterocycles. The number of benzene rings is 1. The predicted octanol–water partition coefficient (Wildman–Crippen LogP) is 1.39. The Morgan fingerprint density at radius 2 is 1.89 bits per heavy atom. The molecule has 1 saturated heterocycles. The average Bonchev–Trinajstić information content (AvgIpc) is 3.21. The van der Waals surface area contributed by atoms with Crippen LogP contribution in [0.1, 0.15) is 31.4 Å². The molecule has 2 amide bonds. The quantitative estimate of drug-likeness (QED) is 0.809. The van der Waals surface area contributed by atoms with Gasteiger partial charge in [-0.3, -0.25) is 0 Å². The van der Waals surface area contributed by atoms with Gasteiger partial charge in [0.05, 0.1) is 18.0 Å². The Kier molecular flexibility index (Phi) is 5.99. The maximum absolute atomic E-state index is 12.6. The summed E-state index contributed by atoms with van der Waals surface area (Å²) in [7, 11) is -1.40. The van der Waals surface area contributed by atoms with E-state index < -0.39 is 10.0 Å². The minimum atomic E-state index is -3.16. The Bertz CT molecular complexity index is 890. The zero-order valence-corrected chi connectivity index (χ0v) is 17.1. The molecule has 2 aromatic rings. The molecule has 1 fully saturated rings. The van der Waals surface area contributed by atoms with E-state index in [0.717, 1.165) is 11.3 Å². The molecule has 3 rings (SSSR count). The van der Waals surface area contributed by atoms with Gasteiger partial charge in [0, 0.05) is 26.2 Å². The SMILES string of the molecule is CC(c1ccc(-n2cncn2)cc1)N(C)C(=O)NC1CCN(S(C)(=O)=O)CC1. The van der Waals surface area contributed by atoms with Crippen molar-refractivity contribution in [3.05, 3.63) is 42.5 Å². The predicted molar refractivity (Wildman–Crippen MR) is 106 cm³/mol. The van der Waals surface area contributed by atoms with E-state index in [1.165, 1.54) is 16.9 Å². The fourth-order valence-corrected chi connectivity index (χ4v) is 4.13. The molecule has 1 aliphatic rings. The molecule has 0 saturated carbocycles. The van der Waals surface area contributed by atoms with Gasteiger partial charge >= 0.3 is 6.03 Å². The van der Waals surface area contributed by atoms with Crippen LogP contribution in [-0.2, 0) is 10.0 Å². The van der Waals surface area contributed by atoms with Gasteiger partial charge in [0.15, 0.2) is 0 Å². The molecule has 1 atom stereocenters. The summed E-state index contributed by atoms with van der Waals surface area (Å²) in [4.78, 5) is 18.2. The van der Waals surface area contributed by atoms with E-state index in [4.69, 9.17) is 0 Å². The summed E-state index contributed by atoms with van der Waals surface area (Å²) in [5.74, 6) is 0. The highest BCUT2D eigenvalue weighted by Crippen LogP contribution is 2.21. The highest BCUT2D eigenvalue weighted by Gasteiger charge is 2.27. The summed E-state index contributed by atoms with van der Waals surface area (Å²) >= 11 is 0. The number of nitrogens with one attached hydrogen (secondary N) is 1. The normalized spacial score (nSPS) is 17.2. The van der Waals surface area contributed by atoms with E-state index >= 15 is 0 Å². The standard InChI is InChI=1S/C18H26N6O3S/c1-14(15-4-6-17(7-5-15)24-13-19-12-20-24)22(2)18(25)21-16-8-10-23(11-9-16)28(3,26)27/h4-7,12-14,16H,8-11H2,1-3H3,(H,21,25). The number of nitrogens with zero attached hydrogens (tertiary/aromatic N) is 5. The lowest BCUT2D eigenvalue weighted by molar-refractivity contribution is 0.184. The van der Waals surface area contributed by atoms with Crippen molar-refractivity contribution in [1.82, 2.24) is 29.3 Å². The van der Waals surface area contributed by atoms with Crippen molar-refractivity contribution in [3.8, 4) is 5.69 Å². The number of sulfonamides is 1. The van der Waals surface area contributed by atoms with Crippen LogP contribution in [0.4, 0.5) is 4.79 Å². The van der Waals surface area contributed by atoms with Crippen molar-refractivity contribution in [2.75, 3.05) is 26.4 Å². The number of hydrogen-bond acceptors (Lipinski definition) is 5. The van der Waals surface area contributed by atoms with Crippen LogP contribution in [0.5, 0.6) is 0 Å². The molecule has 10 heteroatoms. The number of piperidine rings is 1. The van der Waals surface area contributed by atoms with E-state index in [1.54, 1.807) is 23.0 Å². The summed E-state index contributed by atoms with van der Waals surface area (Å²) in [6, 6.07) is 7.52. The summed E-state index contributed by atoms with van der Waals surface area (Å²) in [6.45, 7) is 2.84. The molecule has 152 valence electrons. The van der Waals surface area contributed by atoms with Gasteiger partial charge < -0.3 is 10.2 Å². The third kappa shape index (κ3) is 4.68. The zero-order valence-electron chi connectivity index (χ0n) is 16.3. The first-order valence-corrected chi connectivity index (χ1v) is 11.0. The number of carbonyl (C=O) groups is 1. The topological polar surface area (TPSA) is 100 Å². The maximum Gasteiger partial charge on any atom is 0.317 e. The molecule has 0 radical (unpaired) electrons. The molecular formula is C18H26N6O3S. The average molecular weight is 407 g/mol. The van der Waals surface area contributed by atoms with Crippen molar-refractivity contribution in [1.29, 1.82) is 0 Å². The molecule has 1 N–H and O–H groups in total. The van der Waals surface area contributed by atoms with E-state index in [9.17, 15) is 13.2 Å². The molecule has 9 nitrogen and oxygen atoms in total. The lowest BCUT2D eigenvalue weighted by Gasteiger charge is -2.33. The van der Waals surface area contributed by atoms with E-state index in [2.05, 4.69) is 15.4 Å². The second-order valence-corrected chi connectivity index (χ2v) is 9.09. The largest absolute Gasteiger partial charge is 0.335 e. The fraction of sp³-hybridized carbons (Fsp3) is 0.500. The molecule has 28 heavy (non-hydrogen) atoms. The Morgan fingerprint density at radius 3 is 2.43 bits per heavy atom. The lowest BCUT2D eigenvalue weighted by Crippen LogP contribution is -2.49. The van der Waals surface area contributed by atoms with Crippen LogP contribution in [0.15, 0.2) is 36.9 Å². The maximum atomic E-state index is 12.6. The number of amides is 2. The smallest absolute Gasteiger partial charge is 0.317 e. The first kappa shape index (κ1) is 20.3. The lowest BCUT2D eigenvalue weighted by atomic mass is 10.1. The van der Waals surface area contributed by atoms with Crippen LogP contribution in [-0.4, -0.2) is 70.9 Å². The minimum absolute atomic E-state index is 0.0187. The van der Waals surface area contributed by atoms with Crippen LogP contribution in [0.25, 0.3) is 5.69 Å². The first-order chi connectivity index (χ1) is 13.3. The Hall–Kier alpha value is -2.46. The van der Waals surface area contributed by atoms with Gasteiger partial charge in [-0.05, 0) is 37.5 Å². The third-order valence-electron chi connectivity index (χ3n) is 5.21. The number of aromatic nitrogens is 3. The molecule has 1 unspecified atom stereocenters. The second kappa shape index (κ2) is 8.27. The Balaban J connectivity index is 1.56. The van der Waals surface area contributed by atoms with Gasteiger partial charge in [-0.1, -0.05) is 12.1 Å². The highest BCUT2D eigenvalue weighted by atomic mass is 32.2. The zero-order chi connectivity index (χ0) is 20.3. The van der Waals surface area contributed by atoms with E-state index in [-0.39, 0.29) is 18.1 Å². The summed E-state index contributed by atoms with van der Waals surface area (Å²) in [5, 5.41) is 7.12. The van der Waals surface area contributed by atoms with Crippen LogP contribution in [0, 0.1) is 0 Å². The van der Waals surface area contributed by atoms with E-state index in [1.807, 2.05) is 31.2 Å². The van der Waals surface area contributed by atoms with Gasteiger partial charge in [-0.25, -0.2) is 27.2 Å². The van der Waals surface area contributed by atoms with Gasteiger partial charge in [0.1, 0.15) is 12.7 Å². The molecule has 0 spiro atoms. The minimum Gasteiger partial charge on any atom is -0.335 e. The third-order valence-corrected chi connectivity index (χ3v) is 6.51. The Morgan fingerprint density at radius 1 is 1.25 bits per heavy atom. The summed E-state index contributed by atoms with van der Waals surface area (Å²) in [5.41, 5.74) is 1.91. The van der Waals surface area contributed by atoms with Gasteiger partial charge in [-0.15, -0.1) is 0 Å². The van der Waals surface area contributed by atoms with Crippen LogP contribution < -0.4 is 5.32 Å². The van der Waals surface area contributed by atoms with Gasteiger partial charge in [0.25, 0.3) is 0 Å². The number of rotatable bonds is 5. The van der Waals surface area contributed by atoms with Crippen LogP contribution in [0.3, 0.4) is 0 Å². The van der Waals surface area contributed by atoms with Crippen molar-refractivity contribution in [3.63, 3.8) is 0 Å². The Labute approximate surface area is 165 Å². The van der Waals surface area contributed by atoms with Gasteiger partial charge in [-0.2, -0.15) is 5.10 Å². The van der Waals surface area contributed by atoms with Crippen molar-refractivity contribution in [2.45, 2.75) is 31.8 Å². The van der Waals surface area contributed by atoms with Crippen molar-refractivity contribution < 1.29 is 13.2 Å². The molecule has 1 aromatic carbocycles. The fourth-order valence-electron chi connectivity index (χ4n) is 3.25. The first-order valence-electron chi connectivity index (χ1n) is 9.19. The second-order valence-electron chi connectivity index (χ2n) is 7.10. The number of urea groups is 1. The van der Waals surface area contributed by atoms with Crippen LogP contribution >= 0.6 is 0 Å². The molecule has 0 aliphatic carbocycles. The van der Waals surface area contributed by atoms with Crippen molar-refractivity contribution in [2.24, 2.45) is 0 Å². The van der Waals surface area contributed by atoms with E-state index in [0.29, 0.717) is 25.9 Å². The molecule has 1 aromatic heterocycles. The van der Waals surface area contributed by atoms with Crippen molar-refractivity contribution >= 4 is 16.1 Å². The molecule has 0 bridgehead atoms. The van der Waals surface area contributed by atoms with Crippen LogP contribution in [0.2, 0.25) is 0 Å². The molecular weight excluding hydrogens is 380 g/mol. The monoisotopic (exact) mass is 406 g/mol. The molecule has 2 heterocycles. The van der Waals surface area contributed by atoms with Gasteiger partial charge in [0.2, 0.25) is 10.0 Å². The summed E-state index contributed by atoms with van der Waals surface area (Å²) < 4.78 is 26.3. The number of hydrogen-bond donors (Lipinski definition) is 1. The number of carbonyl (C=O) groups excluding carboxylic acids is 1. The summed E-state index contributed by atoms with van der Waals surface area (Å²) in [6.07, 6.45) is 5.57.